The molecule has 1 aromatic rings. The van der Waals surface area contributed by atoms with Crippen LogP contribution in [0.1, 0.15) is 28.8 Å². The third kappa shape index (κ3) is 3.31. The zero-order valence-electron chi connectivity index (χ0n) is 10.6. The van der Waals surface area contributed by atoms with Gasteiger partial charge in [-0.3, -0.25) is 9.69 Å². The normalized spacial score (nSPS) is 17.8. The molecular formula is C14H21N3O. The van der Waals surface area contributed by atoms with E-state index in [1.54, 1.807) is 6.07 Å². The monoisotopic (exact) mass is 247 g/mol. The van der Waals surface area contributed by atoms with Gasteiger partial charge in [-0.05, 0) is 56.1 Å². The quantitative estimate of drug-likeness (QED) is 0.832. The van der Waals surface area contributed by atoms with Crippen LogP contribution >= 0.6 is 0 Å². The van der Waals surface area contributed by atoms with E-state index in [0.29, 0.717) is 11.5 Å². The van der Waals surface area contributed by atoms with E-state index in [9.17, 15) is 4.79 Å². The lowest BCUT2D eigenvalue weighted by Gasteiger charge is -2.31. The van der Waals surface area contributed by atoms with Gasteiger partial charge < -0.3 is 11.5 Å². The summed E-state index contributed by atoms with van der Waals surface area (Å²) < 4.78 is 0. The molecule has 1 aliphatic rings. The largest absolute Gasteiger partial charge is 0.366 e. The molecule has 1 aliphatic heterocycles. The highest BCUT2D eigenvalue weighted by Gasteiger charge is 2.18. The fraction of sp³-hybridized carbons (Fsp3) is 0.500. The summed E-state index contributed by atoms with van der Waals surface area (Å²) in [6, 6.07) is 7.58. The summed E-state index contributed by atoms with van der Waals surface area (Å²) in [5, 5.41) is 0. The van der Waals surface area contributed by atoms with Gasteiger partial charge in [0.25, 0.3) is 0 Å². The molecule has 1 heterocycles. The standard InChI is InChI=1S/C14H21N3O/c15-9-11-4-6-17(7-5-11)10-12-2-1-3-13(8-12)14(16)18/h1-3,8,11H,4-7,9-10,15H2,(H2,16,18). The van der Waals surface area contributed by atoms with Crippen molar-refractivity contribution in [1.29, 1.82) is 0 Å². The number of piperidine rings is 1. The molecule has 0 radical (unpaired) electrons. The summed E-state index contributed by atoms with van der Waals surface area (Å²) in [5.74, 6) is 0.317. The lowest BCUT2D eigenvalue weighted by molar-refractivity contribution is 0.1000. The number of rotatable bonds is 4. The van der Waals surface area contributed by atoms with Crippen molar-refractivity contribution in [2.45, 2.75) is 19.4 Å². The Morgan fingerprint density at radius 2 is 2.06 bits per heavy atom. The van der Waals surface area contributed by atoms with Crippen molar-refractivity contribution in [3.05, 3.63) is 35.4 Å². The van der Waals surface area contributed by atoms with Crippen LogP contribution in [0.15, 0.2) is 24.3 Å². The van der Waals surface area contributed by atoms with Crippen molar-refractivity contribution in [2.75, 3.05) is 19.6 Å². The average molecular weight is 247 g/mol. The number of carbonyl (C=O) groups is 1. The average Bonchev–Trinajstić information content (AvgIpc) is 2.40. The third-order valence-corrected chi connectivity index (χ3v) is 3.66. The second-order valence-electron chi connectivity index (χ2n) is 5.02. The lowest BCUT2D eigenvalue weighted by Crippen LogP contribution is -2.35. The molecule has 0 aromatic heterocycles. The zero-order valence-corrected chi connectivity index (χ0v) is 10.6. The first-order chi connectivity index (χ1) is 8.69. The van der Waals surface area contributed by atoms with Gasteiger partial charge in [-0.25, -0.2) is 0 Å². The fourth-order valence-electron chi connectivity index (χ4n) is 2.46. The smallest absolute Gasteiger partial charge is 0.248 e. The molecule has 4 nitrogen and oxygen atoms in total. The number of carbonyl (C=O) groups excluding carboxylic acids is 1. The van der Waals surface area contributed by atoms with Crippen molar-refractivity contribution in [3.63, 3.8) is 0 Å². The van der Waals surface area contributed by atoms with Crippen LogP contribution < -0.4 is 11.5 Å². The highest BCUT2D eigenvalue weighted by molar-refractivity contribution is 5.92. The van der Waals surface area contributed by atoms with Crippen molar-refractivity contribution < 1.29 is 4.79 Å². The zero-order chi connectivity index (χ0) is 13.0. The van der Waals surface area contributed by atoms with Crippen LogP contribution in [0.4, 0.5) is 0 Å². The number of amides is 1. The molecule has 4 N–H and O–H groups in total. The predicted molar refractivity (Wildman–Crippen MR) is 72.0 cm³/mol. The van der Waals surface area contributed by atoms with Crippen molar-refractivity contribution in [2.24, 2.45) is 17.4 Å². The summed E-state index contributed by atoms with van der Waals surface area (Å²) in [4.78, 5) is 13.5. The summed E-state index contributed by atoms with van der Waals surface area (Å²) in [5.41, 5.74) is 12.7. The van der Waals surface area contributed by atoms with Crippen LogP contribution in [0.5, 0.6) is 0 Å². The molecule has 0 spiro atoms. The van der Waals surface area contributed by atoms with Crippen molar-refractivity contribution in [3.8, 4) is 0 Å². The van der Waals surface area contributed by atoms with Gasteiger partial charge in [0, 0.05) is 12.1 Å². The minimum Gasteiger partial charge on any atom is -0.366 e. The van der Waals surface area contributed by atoms with Crippen LogP contribution in [0, 0.1) is 5.92 Å². The molecule has 98 valence electrons. The molecule has 0 atom stereocenters. The Kier molecular flexibility index (Phi) is 4.33. The van der Waals surface area contributed by atoms with E-state index in [1.165, 1.54) is 12.8 Å². The maximum atomic E-state index is 11.1. The van der Waals surface area contributed by atoms with E-state index >= 15 is 0 Å². The lowest BCUT2D eigenvalue weighted by atomic mass is 9.96. The molecule has 4 heteroatoms. The van der Waals surface area contributed by atoms with E-state index in [0.717, 1.165) is 31.7 Å². The number of nitrogens with two attached hydrogens (primary N) is 2. The topological polar surface area (TPSA) is 72.3 Å². The first-order valence-corrected chi connectivity index (χ1v) is 6.50. The van der Waals surface area contributed by atoms with Gasteiger partial charge in [-0.2, -0.15) is 0 Å². The molecule has 0 saturated carbocycles. The molecular weight excluding hydrogens is 226 g/mol. The van der Waals surface area contributed by atoms with Crippen LogP contribution in [0.3, 0.4) is 0 Å². The summed E-state index contributed by atoms with van der Waals surface area (Å²) >= 11 is 0. The van der Waals surface area contributed by atoms with E-state index < -0.39 is 0 Å². The first kappa shape index (κ1) is 13.1. The van der Waals surface area contributed by atoms with Gasteiger partial charge in [-0.1, -0.05) is 12.1 Å². The number of hydrogen-bond donors (Lipinski definition) is 2. The minimum atomic E-state index is -0.362. The number of benzene rings is 1. The highest BCUT2D eigenvalue weighted by atomic mass is 16.1. The van der Waals surface area contributed by atoms with Crippen molar-refractivity contribution in [1.82, 2.24) is 4.90 Å². The van der Waals surface area contributed by atoms with Crippen LogP contribution in [0.2, 0.25) is 0 Å². The Labute approximate surface area is 108 Å². The van der Waals surface area contributed by atoms with Gasteiger partial charge in [-0.15, -0.1) is 0 Å². The van der Waals surface area contributed by atoms with E-state index in [1.807, 2.05) is 18.2 Å². The highest BCUT2D eigenvalue weighted by Crippen LogP contribution is 2.18. The summed E-state index contributed by atoms with van der Waals surface area (Å²) in [7, 11) is 0. The Hall–Kier alpha value is -1.39. The second-order valence-corrected chi connectivity index (χ2v) is 5.02. The SMILES string of the molecule is NCC1CCN(Cc2cccc(C(N)=O)c2)CC1. The maximum absolute atomic E-state index is 11.1. The van der Waals surface area contributed by atoms with Crippen LogP contribution in [-0.4, -0.2) is 30.4 Å². The Morgan fingerprint density at radius 1 is 1.33 bits per heavy atom. The van der Waals surface area contributed by atoms with Gasteiger partial charge >= 0.3 is 0 Å². The predicted octanol–water partition coefficient (Wildman–Crippen LogP) is 0.956. The summed E-state index contributed by atoms with van der Waals surface area (Å²) in [6.07, 6.45) is 2.35. The van der Waals surface area contributed by atoms with Crippen LogP contribution in [-0.2, 0) is 6.54 Å². The number of likely N-dealkylation sites (tertiary alicyclic amines) is 1. The molecule has 0 bridgehead atoms. The number of primary amides is 1. The minimum absolute atomic E-state index is 0.362. The Morgan fingerprint density at radius 3 is 2.67 bits per heavy atom. The molecule has 0 aliphatic carbocycles. The molecule has 1 amide bonds. The van der Waals surface area contributed by atoms with Gasteiger partial charge in [0.2, 0.25) is 5.91 Å². The molecule has 1 fully saturated rings. The van der Waals surface area contributed by atoms with Crippen LogP contribution in [0.25, 0.3) is 0 Å². The third-order valence-electron chi connectivity index (χ3n) is 3.66. The first-order valence-electron chi connectivity index (χ1n) is 6.50. The Balaban J connectivity index is 1.94. The fourth-order valence-corrected chi connectivity index (χ4v) is 2.46. The molecule has 1 saturated heterocycles. The summed E-state index contributed by atoms with van der Waals surface area (Å²) in [6.45, 7) is 3.86. The van der Waals surface area contributed by atoms with Gasteiger partial charge in [0.15, 0.2) is 0 Å². The van der Waals surface area contributed by atoms with Gasteiger partial charge in [0.05, 0.1) is 0 Å². The van der Waals surface area contributed by atoms with E-state index in [4.69, 9.17) is 11.5 Å². The number of hydrogen-bond acceptors (Lipinski definition) is 3. The Bertz CT molecular complexity index is 411. The molecule has 2 rings (SSSR count). The van der Waals surface area contributed by atoms with E-state index in [2.05, 4.69) is 4.90 Å². The van der Waals surface area contributed by atoms with Crippen molar-refractivity contribution >= 4 is 5.91 Å². The second kappa shape index (κ2) is 5.98. The van der Waals surface area contributed by atoms with E-state index in [-0.39, 0.29) is 5.91 Å². The maximum Gasteiger partial charge on any atom is 0.248 e. The van der Waals surface area contributed by atoms with Gasteiger partial charge in [0.1, 0.15) is 0 Å². The molecule has 18 heavy (non-hydrogen) atoms. The number of nitrogens with zero attached hydrogens (tertiary/aromatic N) is 1. The molecule has 0 unspecified atom stereocenters. The molecule has 1 aromatic carbocycles.